The van der Waals surface area contributed by atoms with Gasteiger partial charge in [-0.1, -0.05) is 32.6 Å². The largest absolute Gasteiger partial charge is 0.466 e. The molecule has 19 heavy (non-hydrogen) atoms. The highest BCUT2D eigenvalue weighted by Gasteiger charge is 2.29. The molecule has 108 valence electrons. The Kier molecular flexibility index (Phi) is 6.60. The predicted octanol–water partition coefficient (Wildman–Crippen LogP) is 3.01. The lowest BCUT2D eigenvalue weighted by Gasteiger charge is -2.25. The molecule has 0 unspecified atom stereocenters. The first kappa shape index (κ1) is 15.7. The Labute approximate surface area is 115 Å². The molecular weight excluding hydrogens is 244 g/mol. The number of carbonyl (C=O) groups is 2. The van der Waals surface area contributed by atoms with E-state index in [0.717, 1.165) is 32.1 Å². The van der Waals surface area contributed by atoms with Gasteiger partial charge in [0.1, 0.15) is 0 Å². The van der Waals surface area contributed by atoms with E-state index in [2.05, 4.69) is 0 Å². The van der Waals surface area contributed by atoms with E-state index in [9.17, 15) is 9.59 Å². The summed E-state index contributed by atoms with van der Waals surface area (Å²) in [5, 5.41) is 0. The third-order valence-electron chi connectivity index (χ3n) is 3.68. The van der Waals surface area contributed by atoms with Crippen molar-refractivity contribution in [3.05, 3.63) is 11.1 Å². The smallest absolute Gasteiger partial charge is 0.334 e. The number of ether oxygens (including phenoxy) is 2. The summed E-state index contributed by atoms with van der Waals surface area (Å²) in [6.07, 6.45) is 6.68. The zero-order chi connectivity index (χ0) is 14.3. The first-order valence-electron chi connectivity index (χ1n) is 7.05. The van der Waals surface area contributed by atoms with Crippen LogP contribution in [0.4, 0.5) is 0 Å². The van der Waals surface area contributed by atoms with Gasteiger partial charge in [0.25, 0.3) is 0 Å². The molecule has 4 nitrogen and oxygen atoms in total. The molecule has 0 aromatic carbocycles. The zero-order valence-corrected chi connectivity index (χ0v) is 12.2. The molecule has 0 aromatic heterocycles. The Morgan fingerprint density at radius 1 is 1.00 bits per heavy atom. The quantitative estimate of drug-likeness (QED) is 0.568. The van der Waals surface area contributed by atoms with Gasteiger partial charge in [0, 0.05) is 5.57 Å². The highest BCUT2D eigenvalue weighted by Crippen LogP contribution is 2.33. The van der Waals surface area contributed by atoms with Gasteiger partial charge in [-0.05, 0) is 25.2 Å². The Hall–Kier alpha value is -1.32. The van der Waals surface area contributed by atoms with Gasteiger partial charge in [-0.25, -0.2) is 9.59 Å². The Balaban J connectivity index is 3.15. The molecule has 0 spiro atoms. The van der Waals surface area contributed by atoms with Crippen molar-refractivity contribution in [1.29, 1.82) is 0 Å². The Bertz CT molecular complexity index is 351. The zero-order valence-electron chi connectivity index (χ0n) is 12.2. The molecule has 1 aliphatic rings. The van der Waals surface area contributed by atoms with Crippen LogP contribution in [-0.4, -0.2) is 26.2 Å². The molecule has 0 heterocycles. The SMILES string of the molecule is CCC/C(C(=O)OC)=C(/C(=O)OC)C1CCCCC1. The van der Waals surface area contributed by atoms with E-state index in [4.69, 9.17) is 9.47 Å². The molecule has 0 aromatic rings. The maximum Gasteiger partial charge on any atom is 0.334 e. The minimum absolute atomic E-state index is 0.141. The maximum atomic E-state index is 12.1. The van der Waals surface area contributed by atoms with E-state index < -0.39 is 5.97 Å². The van der Waals surface area contributed by atoms with Crippen molar-refractivity contribution in [2.45, 2.75) is 51.9 Å². The summed E-state index contributed by atoms with van der Waals surface area (Å²) < 4.78 is 9.71. The molecule has 0 aliphatic heterocycles. The summed E-state index contributed by atoms with van der Waals surface area (Å²) in [5.74, 6) is -0.629. The van der Waals surface area contributed by atoms with Gasteiger partial charge < -0.3 is 9.47 Å². The van der Waals surface area contributed by atoms with E-state index in [1.54, 1.807) is 0 Å². The van der Waals surface area contributed by atoms with Gasteiger partial charge in [-0.2, -0.15) is 0 Å². The Morgan fingerprint density at radius 2 is 1.58 bits per heavy atom. The van der Waals surface area contributed by atoms with Crippen LogP contribution >= 0.6 is 0 Å². The number of carbonyl (C=O) groups excluding carboxylic acids is 2. The molecule has 0 N–H and O–H groups in total. The van der Waals surface area contributed by atoms with Crippen molar-refractivity contribution in [2.24, 2.45) is 5.92 Å². The van der Waals surface area contributed by atoms with E-state index in [1.165, 1.54) is 20.6 Å². The van der Waals surface area contributed by atoms with Crippen molar-refractivity contribution in [1.82, 2.24) is 0 Å². The molecular formula is C15H24O4. The van der Waals surface area contributed by atoms with E-state index in [1.807, 2.05) is 6.92 Å². The third-order valence-corrected chi connectivity index (χ3v) is 3.68. The number of esters is 2. The molecule has 1 aliphatic carbocycles. The van der Waals surface area contributed by atoms with Gasteiger partial charge in [0.05, 0.1) is 19.8 Å². The molecule has 1 saturated carbocycles. The van der Waals surface area contributed by atoms with Gasteiger partial charge in [-0.15, -0.1) is 0 Å². The predicted molar refractivity (Wildman–Crippen MR) is 72.5 cm³/mol. The third kappa shape index (κ3) is 4.08. The van der Waals surface area contributed by atoms with Crippen LogP contribution in [-0.2, 0) is 19.1 Å². The average Bonchev–Trinajstić information content (AvgIpc) is 2.46. The molecule has 1 rings (SSSR count). The van der Waals surface area contributed by atoms with Crippen molar-refractivity contribution < 1.29 is 19.1 Å². The Morgan fingerprint density at radius 3 is 2.05 bits per heavy atom. The first-order valence-corrected chi connectivity index (χ1v) is 7.05. The molecule has 1 fully saturated rings. The molecule has 0 radical (unpaired) electrons. The van der Waals surface area contributed by atoms with Gasteiger partial charge >= 0.3 is 11.9 Å². The fourth-order valence-electron chi connectivity index (χ4n) is 2.76. The second kappa shape index (κ2) is 7.97. The summed E-state index contributed by atoms with van der Waals surface area (Å²) in [5.41, 5.74) is 1.06. The molecule has 0 saturated heterocycles. The number of rotatable bonds is 5. The number of hydrogen-bond acceptors (Lipinski definition) is 4. The molecule has 0 amide bonds. The van der Waals surface area contributed by atoms with Crippen molar-refractivity contribution in [2.75, 3.05) is 14.2 Å². The molecule has 0 bridgehead atoms. The minimum Gasteiger partial charge on any atom is -0.466 e. The van der Waals surface area contributed by atoms with Crippen LogP contribution in [0.15, 0.2) is 11.1 Å². The van der Waals surface area contributed by atoms with E-state index >= 15 is 0 Å². The fourth-order valence-corrected chi connectivity index (χ4v) is 2.76. The van der Waals surface area contributed by atoms with Crippen LogP contribution in [0.2, 0.25) is 0 Å². The molecule has 4 heteroatoms. The maximum absolute atomic E-state index is 12.1. The normalized spacial score (nSPS) is 17.6. The second-order valence-corrected chi connectivity index (χ2v) is 4.96. The lowest BCUT2D eigenvalue weighted by molar-refractivity contribution is -0.140. The van der Waals surface area contributed by atoms with Crippen molar-refractivity contribution in [3.63, 3.8) is 0 Å². The van der Waals surface area contributed by atoms with Crippen LogP contribution in [0, 0.1) is 5.92 Å². The summed E-state index contributed by atoms with van der Waals surface area (Å²) in [7, 11) is 2.72. The van der Waals surface area contributed by atoms with Gasteiger partial charge in [-0.3, -0.25) is 0 Å². The van der Waals surface area contributed by atoms with Crippen LogP contribution in [0.5, 0.6) is 0 Å². The van der Waals surface area contributed by atoms with Crippen LogP contribution in [0.25, 0.3) is 0 Å². The van der Waals surface area contributed by atoms with Crippen LogP contribution in [0.3, 0.4) is 0 Å². The summed E-state index contributed by atoms with van der Waals surface area (Å²) in [6, 6.07) is 0. The highest BCUT2D eigenvalue weighted by molar-refractivity contribution is 6.00. The van der Waals surface area contributed by atoms with Gasteiger partial charge in [0.2, 0.25) is 0 Å². The summed E-state index contributed by atoms with van der Waals surface area (Å²) in [6.45, 7) is 1.98. The van der Waals surface area contributed by atoms with Crippen LogP contribution < -0.4 is 0 Å². The van der Waals surface area contributed by atoms with Crippen LogP contribution in [0.1, 0.15) is 51.9 Å². The number of methoxy groups -OCH3 is 2. The molecule has 0 atom stereocenters. The van der Waals surface area contributed by atoms with E-state index in [-0.39, 0.29) is 11.9 Å². The highest BCUT2D eigenvalue weighted by atomic mass is 16.5. The van der Waals surface area contributed by atoms with Crippen molar-refractivity contribution in [3.8, 4) is 0 Å². The number of hydrogen-bond donors (Lipinski definition) is 0. The standard InChI is InChI=1S/C15H24O4/c1-4-8-12(14(16)18-2)13(15(17)19-3)11-9-6-5-7-10-11/h11H,4-10H2,1-3H3/b13-12-. The second-order valence-electron chi connectivity index (χ2n) is 4.96. The van der Waals surface area contributed by atoms with Gasteiger partial charge in [0.15, 0.2) is 0 Å². The topological polar surface area (TPSA) is 52.6 Å². The summed E-state index contributed by atoms with van der Waals surface area (Å²) in [4.78, 5) is 24.0. The average molecular weight is 268 g/mol. The van der Waals surface area contributed by atoms with E-state index in [0.29, 0.717) is 17.6 Å². The monoisotopic (exact) mass is 268 g/mol. The summed E-state index contributed by atoms with van der Waals surface area (Å²) >= 11 is 0. The fraction of sp³-hybridized carbons (Fsp3) is 0.733. The van der Waals surface area contributed by atoms with Crippen molar-refractivity contribution >= 4 is 11.9 Å². The minimum atomic E-state index is -0.396. The lowest BCUT2D eigenvalue weighted by atomic mass is 9.81. The first-order chi connectivity index (χ1) is 9.15. The lowest BCUT2D eigenvalue weighted by Crippen LogP contribution is -2.22.